The Morgan fingerprint density at radius 1 is 1.03 bits per heavy atom. The minimum absolute atomic E-state index is 0.0894. The quantitative estimate of drug-likeness (QED) is 0.538. The molecule has 1 aliphatic rings. The van der Waals surface area contributed by atoms with Crippen LogP contribution in [0.15, 0.2) is 60.8 Å². The van der Waals surface area contributed by atoms with Crippen molar-refractivity contribution in [2.75, 3.05) is 10.6 Å². The number of benzene rings is 2. The van der Waals surface area contributed by atoms with Gasteiger partial charge in [-0.05, 0) is 50.1 Å². The molecule has 144 valence electrons. The van der Waals surface area contributed by atoms with E-state index in [2.05, 4.69) is 25.7 Å². The monoisotopic (exact) mass is 384 g/mol. The number of aryl methyl sites for hydroxylation is 1. The highest BCUT2D eigenvalue weighted by atomic mass is 16.2. The average Bonchev–Trinajstić information content (AvgIpc) is 3.49. The van der Waals surface area contributed by atoms with E-state index in [9.17, 15) is 4.79 Å². The molecule has 0 saturated heterocycles. The summed E-state index contributed by atoms with van der Waals surface area (Å²) in [7, 11) is 0. The first-order valence-electron chi connectivity index (χ1n) is 9.63. The number of rotatable bonds is 5. The number of para-hydroxylation sites is 1. The smallest absolute Gasteiger partial charge is 0.227 e. The summed E-state index contributed by atoms with van der Waals surface area (Å²) in [6.45, 7) is 1.86. The second-order valence-corrected chi connectivity index (χ2v) is 7.22. The van der Waals surface area contributed by atoms with Crippen LogP contribution >= 0.6 is 0 Å². The number of nitrogens with one attached hydrogen (secondary N) is 2. The lowest BCUT2D eigenvalue weighted by atomic mass is 10.2. The Morgan fingerprint density at radius 3 is 2.62 bits per heavy atom. The highest BCUT2D eigenvalue weighted by Gasteiger charge is 2.29. The fourth-order valence-electron chi connectivity index (χ4n) is 3.27. The summed E-state index contributed by atoms with van der Waals surface area (Å²) in [5.41, 5.74) is 3.29. The normalized spacial score (nSPS) is 13.4. The molecular weight excluding hydrogens is 364 g/mol. The zero-order chi connectivity index (χ0) is 19.8. The summed E-state index contributed by atoms with van der Waals surface area (Å²) in [4.78, 5) is 21.2. The van der Waals surface area contributed by atoms with Crippen molar-refractivity contribution >= 4 is 34.1 Å². The van der Waals surface area contributed by atoms with Crippen LogP contribution in [0.5, 0.6) is 0 Å². The van der Waals surface area contributed by atoms with Gasteiger partial charge in [0.15, 0.2) is 5.65 Å². The number of hydrogen-bond acceptors (Lipinski definition) is 5. The van der Waals surface area contributed by atoms with Crippen molar-refractivity contribution in [1.82, 2.24) is 19.7 Å². The summed E-state index contributed by atoms with van der Waals surface area (Å²) in [6.07, 6.45) is 3.73. The zero-order valence-electron chi connectivity index (χ0n) is 16.0. The van der Waals surface area contributed by atoms with E-state index in [1.807, 2.05) is 66.2 Å². The van der Waals surface area contributed by atoms with E-state index >= 15 is 0 Å². The molecule has 0 bridgehead atoms. The maximum absolute atomic E-state index is 12.0. The van der Waals surface area contributed by atoms with E-state index in [0.717, 1.165) is 40.9 Å². The van der Waals surface area contributed by atoms with Gasteiger partial charge >= 0.3 is 0 Å². The molecule has 0 spiro atoms. The molecule has 2 aromatic carbocycles. The molecule has 29 heavy (non-hydrogen) atoms. The Labute approximate surface area is 167 Å². The molecule has 5 rings (SSSR count). The maximum Gasteiger partial charge on any atom is 0.227 e. The number of anilines is 3. The van der Waals surface area contributed by atoms with Gasteiger partial charge < -0.3 is 10.6 Å². The lowest BCUT2D eigenvalue weighted by Crippen LogP contribution is -2.13. The summed E-state index contributed by atoms with van der Waals surface area (Å²) >= 11 is 0. The van der Waals surface area contributed by atoms with Crippen molar-refractivity contribution in [1.29, 1.82) is 0 Å². The van der Waals surface area contributed by atoms with E-state index in [1.165, 1.54) is 0 Å². The number of fused-ring (bicyclic) bond motifs is 1. The van der Waals surface area contributed by atoms with Gasteiger partial charge in [0, 0.05) is 17.3 Å². The van der Waals surface area contributed by atoms with Crippen LogP contribution in [-0.4, -0.2) is 25.7 Å². The Kier molecular flexibility index (Phi) is 4.20. The Balaban J connectivity index is 1.48. The van der Waals surface area contributed by atoms with Crippen LogP contribution < -0.4 is 10.6 Å². The molecule has 2 heterocycles. The van der Waals surface area contributed by atoms with E-state index in [1.54, 1.807) is 6.20 Å². The van der Waals surface area contributed by atoms with Crippen molar-refractivity contribution in [3.05, 3.63) is 66.6 Å². The fourth-order valence-corrected chi connectivity index (χ4v) is 3.27. The summed E-state index contributed by atoms with van der Waals surface area (Å²) < 4.78 is 1.81. The van der Waals surface area contributed by atoms with Crippen molar-refractivity contribution < 1.29 is 4.79 Å². The first-order chi connectivity index (χ1) is 14.2. The third-order valence-electron chi connectivity index (χ3n) is 4.88. The van der Waals surface area contributed by atoms with Gasteiger partial charge in [0.1, 0.15) is 11.6 Å². The number of nitrogens with zero attached hydrogens (tertiary/aromatic N) is 4. The van der Waals surface area contributed by atoms with Crippen LogP contribution in [-0.2, 0) is 4.79 Å². The van der Waals surface area contributed by atoms with Crippen LogP contribution in [0.25, 0.3) is 16.7 Å². The average molecular weight is 384 g/mol. The lowest BCUT2D eigenvalue weighted by molar-refractivity contribution is -0.117. The van der Waals surface area contributed by atoms with Gasteiger partial charge in [-0.3, -0.25) is 4.79 Å². The second-order valence-electron chi connectivity index (χ2n) is 7.22. The molecular formula is C22H20N6O. The molecule has 1 fully saturated rings. The number of amides is 1. The Morgan fingerprint density at radius 2 is 1.83 bits per heavy atom. The van der Waals surface area contributed by atoms with Gasteiger partial charge in [0.25, 0.3) is 0 Å². The van der Waals surface area contributed by atoms with Crippen LogP contribution in [0.2, 0.25) is 0 Å². The minimum atomic E-state index is 0.0894. The molecule has 0 atom stereocenters. The number of carbonyl (C=O) groups excluding carboxylic acids is 1. The van der Waals surface area contributed by atoms with Gasteiger partial charge in [-0.1, -0.05) is 24.3 Å². The minimum Gasteiger partial charge on any atom is -0.339 e. The molecule has 1 aliphatic carbocycles. The molecule has 7 nitrogen and oxygen atoms in total. The Hall–Kier alpha value is -3.74. The maximum atomic E-state index is 12.0. The number of carbonyl (C=O) groups is 1. The molecule has 1 saturated carbocycles. The Bertz CT molecular complexity index is 1200. The summed E-state index contributed by atoms with van der Waals surface area (Å²) in [5, 5.41) is 11.7. The van der Waals surface area contributed by atoms with E-state index < -0.39 is 0 Å². The molecule has 4 aromatic rings. The summed E-state index contributed by atoms with van der Waals surface area (Å²) in [5.74, 6) is 1.59. The van der Waals surface area contributed by atoms with E-state index in [0.29, 0.717) is 11.6 Å². The van der Waals surface area contributed by atoms with E-state index in [4.69, 9.17) is 0 Å². The molecule has 0 radical (unpaired) electrons. The summed E-state index contributed by atoms with van der Waals surface area (Å²) in [6, 6.07) is 17.5. The first kappa shape index (κ1) is 17.4. The predicted octanol–water partition coefficient (Wildman–Crippen LogP) is 4.22. The molecule has 2 N–H and O–H groups in total. The van der Waals surface area contributed by atoms with Crippen molar-refractivity contribution in [2.24, 2.45) is 5.92 Å². The van der Waals surface area contributed by atoms with Crippen LogP contribution in [0.1, 0.15) is 18.7 Å². The van der Waals surface area contributed by atoms with E-state index in [-0.39, 0.29) is 11.8 Å². The molecule has 0 unspecified atom stereocenters. The lowest BCUT2D eigenvalue weighted by Gasteiger charge is -2.10. The SMILES string of the molecule is Cc1nc(Nc2cccc(NC(=O)C3CC3)c2)c2cnn(-c3ccccc3)c2n1. The van der Waals surface area contributed by atoms with Gasteiger partial charge in [0.2, 0.25) is 5.91 Å². The standard InChI is InChI=1S/C22H20N6O/c1-14-24-20(19-13-23-28(21(19)25-14)18-8-3-2-4-9-18)26-16-6-5-7-17(12-16)27-22(29)15-10-11-15/h2-9,12-13,15H,10-11H2,1H3,(H,27,29)(H,24,25,26). The largest absolute Gasteiger partial charge is 0.339 e. The first-order valence-corrected chi connectivity index (χ1v) is 9.63. The topological polar surface area (TPSA) is 84.7 Å². The molecule has 0 aliphatic heterocycles. The van der Waals surface area contributed by atoms with Crippen LogP contribution in [0, 0.1) is 12.8 Å². The number of hydrogen-bond donors (Lipinski definition) is 2. The molecule has 2 aromatic heterocycles. The van der Waals surface area contributed by atoms with Gasteiger partial charge in [0.05, 0.1) is 17.3 Å². The van der Waals surface area contributed by atoms with Crippen LogP contribution in [0.3, 0.4) is 0 Å². The van der Waals surface area contributed by atoms with Crippen molar-refractivity contribution in [3.8, 4) is 5.69 Å². The van der Waals surface area contributed by atoms with Crippen LogP contribution in [0.4, 0.5) is 17.2 Å². The highest BCUT2D eigenvalue weighted by Crippen LogP contribution is 2.31. The van der Waals surface area contributed by atoms with Gasteiger partial charge in [-0.25, -0.2) is 14.6 Å². The predicted molar refractivity (Wildman–Crippen MR) is 112 cm³/mol. The highest BCUT2D eigenvalue weighted by molar-refractivity contribution is 5.95. The number of aromatic nitrogens is 4. The zero-order valence-corrected chi connectivity index (χ0v) is 16.0. The second kappa shape index (κ2) is 7.01. The third-order valence-corrected chi connectivity index (χ3v) is 4.88. The van der Waals surface area contributed by atoms with Crippen molar-refractivity contribution in [2.45, 2.75) is 19.8 Å². The molecule has 7 heteroatoms. The van der Waals surface area contributed by atoms with Gasteiger partial charge in [-0.2, -0.15) is 5.10 Å². The third kappa shape index (κ3) is 3.54. The fraction of sp³-hybridized carbons (Fsp3) is 0.182. The van der Waals surface area contributed by atoms with Gasteiger partial charge in [-0.15, -0.1) is 0 Å². The molecule has 1 amide bonds. The van der Waals surface area contributed by atoms with Crippen molar-refractivity contribution in [3.63, 3.8) is 0 Å².